The molecule has 3 rings (SSSR count). The van der Waals surface area contributed by atoms with Crippen LogP contribution < -0.4 is 9.64 Å². The maximum Gasteiger partial charge on any atom is 0.573 e. The smallest absolute Gasteiger partial charge is 0.459 e. The summed E-state index contributed by atoms with van der Waals surface area (Å²) in [5, 5.41) is 0. The molecular formula is C22H13F9N2O2. The number of benzene rings is 2. The second-order valence-corrected chi connectivity index (χ2v) is 7.12. The third-order valence-electron chi connectivity index (χ3n) is 4.52. The van der Waals surface area contributed by atoms with Crippen molar-refractivity contribution in [3.63, 3.8) is 0 Å². The average molecular weight is 508 g/mol. The highest BCUT2D eigenvalue weighted by atomic mass is 19.4. The summed E-state index contributed by atoms with van der Waals surface area (Å²) in [7, 11) is 0. The van der Waals surface area contributed by atoms with E-state index in [4.69, 9.17) is 11.0 Å². The summed E-state index contributed by atoms with van der Waals surface area (Å²) < 4.78 is 125. The highest BCUT2D eigenvalue weighted by Gasteiger charge is 2.36. The fourth-order valence-electron chi connectivity index (χ4n) is 3.13. The molecule has 0 radical (unpaired) electrons. The summed E-state index contributed by atoms with van der Waals surface area (Å²) in [4.78, 5) is 3.36. The molecule has 0 aliphatic rings. The first-order chi connectivity index (χ1) is 16.1. The predicted octanol–water partition coefficient (Wildman–Crippen LogP) is 7.98. The van der Waals surface area contributed by atoms with Crippen molar-refractivity contribution < 1.29 is 48.7 Å². The number of alkyl halides is 9. The lowest BCUT2D eigenvalue weighted by atomic mass is 10.1. The Morgan fingerprint density at radius 1 is 0.857 bits per heavy atom. The Balaban J connectivity index is 1.88. The molecule has 0 atom stereocenters. The van der Waals surface area contributed by atoms with Crippen molar-refractivity contribution in [3.8, 4) is 17.1 Å². The minimum atomic E-state index is -4.96. The Bertz CT molecular complexity index is 1200. The van der Waals surface area contributed by atoms with E-state index in [1.165, 1.54) is 24.3 Å². The van der Waals surface area contributed by atoms with E-state index < -0.39 is 54.5 Å². The van der Waals surface area contributed by atoms with Gasteiger partial charge in [-0.05, 0) is 48.5 Å². The van der Waals surface area contributed by atoms with Gasteiger partial charge in [0, 0.05) is 11.3 Å². The van der Waals surface area contributed by atoms with E-state index in [2.05, 4.69) is 9.58 Å². The number of halogens is 9. The van der Waals surface area contributed by atoms with E-state index in [1.54, 1.807) is 0 Å². The molecule has 2 aromatic carbocycles. The van der Waals surface area contributed by atoms with Crippen LogP contribution in [0.5, 0.6) is 5.75 Å². The number of anilines is 1. The zero-order chi connectivity index (χ0) is 26.0. The average Bonchev–Trinajstić information content (AvgIpc) is 3.19. The van der Waals surface area contributed by atoms with Gasteiger partial charge >= 0.3 is 18.7 Å². The first-order valence-electron chi connectivity index (χ1n) is 9.50. The van der Waals surface area contributed by atoms with Crippen molar-refractivity contribution in [3.05, 3.63) is 77.3 Å². The number of rotatable bonds is 6. The SMILES string of the molecule is [C-]#[N+]c1ccc(N(Cc2ccc(-c3ccc(OC(F)(F)F)cc3)o2)CC(F)(F)F)cc1C(F)(F)F. The second-order valence-electron chi connectivity index (χ2n) is 7.12. The van der Waals surface area contributed by atoms with Crippen LogP contribution in [0, 0.1) is 6.57 Å². The standard InChI is InChI=1S/C22H13F9N2O2/c1-32-18-8-4-14(10-17(18)21(26,27)28)33(12-20(23,24)25)11-16-7-9-19(34-16)13-2-5-15(6-3-13)35-22(29,30)31/h2-10H,11-12H2. The van der Waals surface area contributed by atoms with Gasteiger partial charge in [0.15, 0.2) is 5.69 Å². The molecule has 186 valence electrons. The zero-order valence-electron chi connectivity index (χ0n) is 17.2. The third kappa shape index (κ3) is 7.08. The summed E-state index contributed by atoms with van der Waals surface area (Å²) in [6, 6.07) is 9.34. The topological polar surface area (TPSA) is 30.0 Å². The van der Waals surface area contributed by atoms with Gasteiger partial charge in [-0.1, -0.05) is 6.07 Å². The van der Waals surface area contributed by atoms with Crippen LogP contribution in [0.1, 0.15) is 11.3 Å². The molecule has 0 spiro atoms. The highest BCUT2D eigenvalue weighted by Crippen LogP contribution is 2.39. The molecule has 1 aromatic heterocycles. The van der Waals surface area contributed by atoms with E-state index in [9.17, 15) is 39.5 Å². The van der Waals surface area contributed by atoms with Gasteiger partial charge < -0.3 is 14.1 Å². The molecular weight excluding hydrogens is 495 g/mol. The van der Waals surface area contributed by atoms with Crippen LogP contribution in [0.3, 0.4) is 0 Å². The lowest BCUT2D eigenvalue weighted by Gasteiger charge is -2.26. The van der Waals surface area contributed by atoms with Gasteiger partial charge in [0.05, 0.1) is 18.7 Å². The molecule has 0 bridgehead atoms. The quantitative estimate of drug-likeness (QED) is 0.250. The number of nitrogens with zero attached hydrogens (tertiary/aromatic N) is 2. The van der Waals surface area contributed by atoms with E-state index in [1.807, 2.05) is 0 Å². The Hall–Kier alpha value is -3.82. The number of hydrogen-bond donors (Lipinski definition) is 0. The van der Waals surface area contributed by atoms with Crippen LogP contribution in [0.2, 0.25) is 0 Å². The minimum absolute atomic E-state index is 0.0531. The number of furan rings is 1. The summed E-state index contributed by atoms with van der Waals surface area (Å²) in [6.07, 6.45) is -14.6. The van der Waals surface area contributed by atoms with Crippen molar-refractivity contribution in [1.82, 2.24) is 0 Å². The normalized spacial score (nSPS) is 12.3. The maximum absolute atomic E-state index is 13.3. The van der Waals surface area contributed by atoms with Gasteiger partial charge in [-0.25, -0.2) is 4.85 Å². The molecule has 0 aliphatic carbocycles. The fourth-order valence-corrected chi connectivity index (χ4v) is 3.13. The van der Waals surface area contributed by atoms with Gasteiger partial charge in [0.1, 0.15) is 23.8 Å². The van der Waals surface area contributed by atoms with Crippen molar-refractivity contribution in [2.45, 2.75) is 25.3 Å². The van der Waals surface area contributed by atoms with Crippen LogP contribution >= 0.6 is 0 Å². The molecule has 0 fully saturated rings. The van der Waals surface area contributed by atoms with Crippen LogP contribution in [0.15, 0.2) is 59.0 Å². The molecule has 3 aromatic rings. The summed E-state index contributed by atoms with van der Waals surface area (Å²) in [5.41, 5.74) is -2.28. The third-order valence-corrected chi connectivity index (χ3v) is 4.52. The van der Waals surface area contributed by atoms with Crippen LogP contribution in [0.25, 0.3) is 16.2 Å². The van der Waals surface area contributed by atoms with Crippen LogP contribution in [-0.4, -0.2) is 19.1 Å². The molecule has 0 saturated heterocycles. The van der Waals surface area contributed by atoms with Crippen molar-refractivity contribution in [1.29, 1.82) is 0 Å². The van der Waals surface area contributed by atoms with Gasteiger partial charge in [-0.15, -0.1) is 13.2 Å². The minimum Gasteiger partial charge on any atom is -0.459 e. The molecule has 0 amide bonds. The summed E-state index contributed by atoms with van der Waals surface area (Å²) in [6.45, 7) is 4.67. The van der Waals surface area contributed by atoms with Gasteiger partial charge in [-0.2, -0.15) is 26.3 Å². The molecule has 0 aliphatic heterocycles. The lowest BCUT2D eigenvalue weighted by Crippen LogP contribution is -2.33. The molecule has 0 saturated carbocycles. The zero-order valence-corrected chi connectivity index (χ0v) is 17.2. The summed E-state index contributed by atoms with van der Waals surface area (Å²) >= 11 is 0. The number of ether oxygens (including phenoxy) is 1. The first-order valence-corrected chi connectivity index (χ1v) is 9.50. The Kier molecular flexibility index (Phi) is 6.96. The van der Waals surface area contributed by atoms with Crippen LogP contribution in [0.4, 0.5) is 50.9 Å². The molecule has 4 nitrogen and oxygen atoms in total. The van der Waals surface area contributed by atoms with Gasteiger partial charge in [0.2, 0.25) is 0 Å². The fraction of sp³-hybridized carbons (Fsp3) is 0.227. The van der Waals surface area contributed by atoms with Crippen molar-refractivity contribution >= 4 is 11.4 Å². The Morgan fingerprint density at radius 3 is 2.06 bits per heavy atom. The van der Waals surface area contributed by atoms with Crippen molar-refractivity contribution in [2.24, 2.45) is 0 Å². The molecule has 13 heteroatoms. The first kappa shape index (κ1) is 25.8. The molecule has 0 N–H and O–H groups in total. The maximum atomic E-state index is 13.3. The molecule has 1 heterocycles. The molecule has 35 heavy (non-hydrogen) atoms. The van der Waals surface area contributed by atoms with Crippen molar-refractivity contribution in [2.75, 3.05) is 11.4 Å². The van der Waals surface area contributed by atoms with E-state index in [0.717, 1.165) is 24.3 Å². The van der Waals surface area contributed by atoms with Gasteiger partial charge in [0.25, 0.3) is 0 Å². The number of hydrogen-bond acceptors (Lipinski definition) is 3. The van der Waals surface area contributed by atoms with Gasteiger partial charge in [-0.3, -0.25) is 0 Å². The summed E-state index contributed by atoms with van der Waals surface area (Å²) in [5.74, 6) is -0.444. The Morgan fingerprint density at radius 2 is 1.51 bits per heavy atom. The second kappa shape index (κ2) is 9.44. The largest absolute Gasteiger partial charge is 0.573 e. The predicted molar refractivity (Wildman–Crippen MR) is 106 cm³/mol. The monoisotopic (exact) mass is 508 g/mol. The molecule has 0 unspecified atom stereocenters. The highest BCUT2D eigenvalue weighted by molar-refractivity contribution is 5.63. The van der Waals surface area contributed by atoms with E-state index in [-0.39, 0.29) is 17.1 Å². The Labute approximate surface area is 191 Å². The van der Waals surface area contributed by atoms with Crippen LogP contribution in [-0.2, 0) is 12.7 Å². The van der Waals surface area contributed by atoms with E-state index in [0.29, 0.717) is 11.0 Å². The van der Waals surface area contributed by atoms with E-state index >= 15 is 0 Å². The lowest BCUT2D eigenvalue weighted by molar-refractivity contribution is -0.274.